The monoisotopic (exact) mass is 159 g/mol. The molecule has 2 rings (SSSR count). The normalized spacial score (nSPS) is 13.2. The number of aliphatic imine (C=N–C) groups is 1. The summed E-state index contributed by atoms with van der Waals surface area (Å²) in [5, 5.41) is 0. The lowest BCUT2D eigenvalue weighted by Gasteiger charge is -1.72. The van der Waals surface area contributed by atoms with Gasteiger partial charge in [0.2, 0.25) is 0 Å². The summed E-state index contributed by atoms with van der Waals surface area (Å²) in [5.74, 6) is 0. The van der Waals surface area contributed by atoms with E-state index in [0.717, 1.165) is 12.3 Å². The van der Waals surface area contributed by atoms with E-state index in [4.69, 9.17) is 0 Å². The van der Waals surface area contributed by atoms with Crippen LogP contribution in [0.25, 0.3) is 0 Å². The first-order valence-corrected chi connectivity index (χ1v) is 4.07. The van der Waals surface area contributed by atoms with Crippen molar-refractivity contribution in [2.24, 2.45) is 4.99 Å². The molecule has 1 aliphatic heterocycles. The third kappa shape index (κ3) is 3.71. The minimum atomic E-state index is 0.895. The van der Waals surface area contributed by atoms with Gasteiger partial charge in [0.1, 0.15) is 0 Å². The first-order chi connectivity index (χ1) is 5.89. The summed E-state index contributed by atoms with van der Waals surface area (Å²) >= 11 is 0. The predicted molar refractivity (Wildman–Crippen MR) is 53.6 cm³/mol. The average Bonchev–Trinajstić information content (AvgIpc) is 2.60. The van der Waals surface area contributed by atoms with Crippen molar-refractivity contribution >= 4 is 5.71 Å². The maximum Gasteiger partial charge on any atom is 0.0577 e. The van der Waals surface area contributed by atoms with Gasteiger partial charge in [0.15, 0.2) is 0 Å². The molecule has 0 spiro atoms. The number of benzene rings is 1. The first-order valence-electron chi connectivity index (χ1n) is 4.07. The molecule has 1 aromatic carbocycles. The fraction of sp³-hybridized carbons (Fsp3) is 0.182. The molecule has 0 saturated heterocycles. The Balaban J connectivity index is 0.000000120. The second kappa shape index (κ2) is 5.30. The summed E-state index contributed by atoms with van der Waals surface area (Å²) in [6.45, 7) is 2.90. The Hall–Kier alpha value is -1.37. The Labute approximate surface area is 73.5 Å². The number of allylic oxidation sites excluding steroid dienone is 1. The highest BCUT2D eigenvalue weighted by atomic mass is 14.7. The number of hydrogen-bond acceptors (Lipinski definition) is 1. The van der Waals surface area contributed by atoms with Crippen molar-refractivity contribution in [1.29, 1.82) is 0 Å². The van der Waals surface area contributed by atoms with Gasteiger partial charge < -0.3 is 0 Å². The van der Waals surface area contributed by atoms with E-state index < -0.39 is 0 Å². The average molecular weight is 159 g/mol. The second-order valence-corrected chi connectivity index (χ2v) is 2.54. The van der Waals surface area contributed by atoms with E-state index in [1.165, 1.54) is 0 Å². The van der Waals surface area contributed by atoms with Gasteiger partial charge in [-0.2, -0.15) is 0 Å². The van der Waals surface area contributed by atoms with Crippen LogP contribution >= 0.6 is 0 Å². The van der Waals surface area contributed by atoms with Crippen molar-refractivity contribution in [3.05, 3.63) is 48.6 Å². The molecular weight excluding hydrogens is 146 g/mol. The van der Waals surface area contributed by atoms with E-state index in [0.29, 0.717) is 0 Å². The van der Waals surface area contributed by atoms with Crippen LogP contribution in [0.1, 0.15) is 6.92 Å². The smallest absolute Gasteiger partial charge is 0.0577 e. The Morgan fingerprint density at radius 2 is 1.50 bits per heavy atom. The van der Waals surface area contributed by atoms with Gasteiger partial charge in [0, 0.05) is 5.71 Å². The molecule has 0 aliphatic carbocycles. The molecule has 1 aliphatic rings. The summed E-state index contributed by atoms with van der Waals surface area (Å²) in [6, 6.07) is 12.0. The van der Waals surface area contributed by atoms with Gasteiger partial charge in [-0.3, -0.25) is 4.99 Å². The summed E-state index contributed by atoms with van der Waals surface area (Å²) in [4.78, 5) is 4.04. The Morgan fingerprint density at radius 3 is 1.67 bits per heavy atom. The zero-order valence-electron chi connectivity index (χ0n) is 7.27. The van der Waals surface area contributed by atoms with Crippen LogP contribution in [-0.4, -0.2) is 12.3 Å². The quantitative estimate of drug-likeness (QED) is 0.552. The van der Waals surface area contributed by atoms with Crippen LogP contribution in [0.15, 0.2) is 53.5 Å². The molecular formula is C11H13N. The Morgan fingerprint density at radius 1 is 1.00 bits per heavy atom. The van der Waals surface area contributed by atoms with Crippen LogP contribution < -0.4 is 0 Å². The summed E-state index contributed by atoms with van der Waals surface area (Å²) < 4.78 is 0. The van der Waals surface area contributed by atoms with Gasteiger partial charge in [0.05, 0.1) is 6.54 Å². The van der Waals surface area contributed by atoms with Gasteiger partial charge in [-0.25, -0.2) is 0 Å². The maximum atomic E-state index is 4.04. The van der Waals surface area contributed by atoms with Crippen molar-refractivity contribution in [1.82, 2.24) is 0 Å². The zero-order chi connectivity index (χ0) is 8.65. The van der Waals surface area contributed by atoms with E-state index in [2.05, 4.69) is 11.1 Å². The van der Waals surface area contributed by atoms with Crippen LogP contribution in [-0.2, 0) is 0 Å². The van der Waals surface area contributed by atoms with Crippen molar-refractivity contribution < 1.29 is 0 Å². The predicted octanol–water partition coefficient (Wildman–Crippen LogP) is 2.70. The molecule has 0 amide bonds. The Kier molecular flexibility index (Phi) is 3.86. The van der Waals surface area contributed by atoms with Crippen LogP contribution in [0.4, 0.5) is 0 Å². The molecule has 1 heterocycles. The van der Waals surface area contributed by atoms with E-state index in [1.54, 1.807) is 0 Å². The van der Waals surface area contributed by atoms with E-state index in [1.807, 2.05) is 49.4 Å². The lowest BCUT2D eigenvalue weighted by Crippen LogP contribution is -1.73. The number of rotatable bonds is 0. The van der Waals surface area contributed by atoms with Gasteiger partial charge in [0.25, 0.3) is 0 Å². The maximum absolute atomic E-state index is 4.04. The summed E-state index contributed by atoms with van der Waals surface area (Å²) in [5.41, 5.74) is 1.15. The fourth-order valence-electron chi connectivity index (χ4n) is 0.858. The molecule has 0 fully saturated rings. The molecule has 12 heavy (non-hydrogen) atoms. The minimum Gasteiger partial charge on any atom is -0.286 e. The van der Waals surface area contributed by atoms with E-state index in [-0.39, 0.29) is 0 Å². The lowest BCUT2D eigenvalue weighted by atomic mass is 10.4. The number of hydrogen-bond donors (Lipinski definition) is 0. The SMILES string of the molecule is CC1=NCC=C1.c1ccccc1. The molecule has 0 N–H and O–H groups in total. The topological polar surface area (TPSA) is 12.4 Å². The van der Waals surface area contributed by atoms with Crippen molar-refractivity contribution in [3.8, 4) is 0 Å². The van der Waals surface area contributed by atoms with Crippen LogP contribution in [0.5, 0.6) is 0 Å². The molecule has 62 valence electrons. The van der Waals surface area contributed by atoms with Crippen LogP contribution in [0.2, 0.25) is 0 Å². The lowest BCUT2D eigenvalue weighted by molar-refractivity contribution is 1.28. The van der Waals surface area contributed by atoms with Crippen LogP contribution in [0.3, 0.4) is 0 Å². The van der Waals surface area contributed by atoms with E-state index in [9.17, 15) is 0 Å². The largest absolute Gasteiger partial charge is 0.286 e. The molecule has 0 bridgehead atoms. The van der Waals surface area contributed by atoms with Gasteiger partial charge in [-0.1, -0.05) is 42.5 Å². The first kappa shape index (κ1) is 8.72. The highest BCUT2D eigenvalue weighted by molar-refractivity contribution is 5.94. The standard InChI is InChI=1S/C6H6.C5H7N/c1-2-4-6-5-3-1;1-5-3-2-4-6-5/h1-6H;2-3H,4H2,1H3. The van der Waals surface area contributed by atoms with Gasteiger partial charge >= 0.3 is 0 Å². The third-order valence-corrected chi connectivity index (χ3v) is 1.47. The minimum absolute atomic E-state index is 0.895. The molecule has 1 aromatic rings. The molecule has 1 heteroatoms. The molecule has 0 aromatic heterocycles. The highest BCUT2D eigenvalue weighted by Gasteiger charge is 1.85. The summed E-state index contributed by atoms with van der Waals surface area (Å²) in [7, 11) is 0. The Bertz CT molecular complexity index is 230. The van der Waals surface area contributed by atoms with Crippen LogP contribution in [0, 0.1) is 0 Å². The molecule has 0 saturated carbocycles. The molecule has 0 atom stereocenters. The fourth-order valence-corrected chi connectivity index (χ4v) is 0.858. The van der Waals surface area contributed by atoms with E-state index >= 15 is 0 Å². The summed E-state index contributed by atoms with van der Waals surface area (Å²) in [6.07, 6.45) is 4.08. The van der Waals surface area contributed by atoms with Crippen molar-refractivity contribution in [2.45, 2.75) is 6.92 Å². The van der Waals surface area contributed by atoms with Gasteiger partial charge in [-0.05, 0) is 13.0 Å². The van der Waals surface area contributed by atoms with Crippen molar-refractivity contribution in [3.63, 3.8) is 0 Å². The molecule has 0 radical (unpaired) electrons. The van der Waals surface area contributed by atoms with Gasteiger partial charge in [-0.15, -0.1) is 0 Å². The zero-order valence-corrected chi connectivity index (χ0v) is 7.27. The molecule has 0 unspecified atom stereocenters. The third-order valence-electron chi connectivity index (χ3n) is 1.47. The molecule has 1 nitrogen and oxygen atoms in total. The highest BCUT2D eigenvalue weighted by Crippen LogP contribution is 1.89. The van der Waals surface area contributed by atoms with Crippen molar-refractivity contribution in [2.75, 3.05) is 6.54 Å². The second-order valence-electron chi connectivity index (χ2n) is 2.54. The number of nitrogens with zero attached hydrogens (tertiary/aromatic N) is 1.